The summed E-state index contributed by atoms with van der Waals surface area (Å²) in [5.41, 5.74) is 21.1. The van der Waals surface area contributed by atoms with Crippen molar-refractivity contribution in [3.8, 4) is 28.7 Å². The molecule has 8 heteroatoms. The van der Waals surface area contributed by atoms with Crippen molar-refractivity contribution in [1.82, 2.24) is 4.57 Å². The topological polar surface area (TPSA) is 43.7 Å². The molecular weight excluding hydrogens is 649 g/mol. The lowest BCUT2D eigenvalue weighted by Gasteiger charge is -2.51. The van der Waals surface area contributed by atoms with Crippen molar-refractivity contribution in [2.75, 3.05) is 4.90 Å². The van der Waals surface area contributed by atoms with Crippen molar-refractivity contribution in [2.24, 2.45) is 0 Å². The van der Waals surface area contributed by atoms with Gasteiger partial charge in [-0.1, -0.05) is 79.4 Å². The van der Waals surface area contributed by atoms with Crippen LogP contribution in [0.3, 0.4) is 0 Å². The van der Waals surface area contributed by atoms with E-state index in [1.54, 1.807) is 0 Å². The Kier molecular flexibility index (Phi) is 4.04. The summed E-state index contributed by atoms with van der Waals surface area (Å²) in [5, 5.41) is 1.49. The van der Waals surface area contributed by atoms with Gasteiger partial charge in [-0.05, 0) is 97.2 Å². The molecule has 0 aliphatic carbocycles. The number of hydrogen-bond donors (Lipinski definition) is 0. The van der Waals surface area contributed by atoms with E-state index < -0.39 is 0 Å². The predicted molar refractivity (Wildman–Crippen MR) is 217 cm³/mol. The van der Waals surface area contributed by atoms with Gasteiger partial charge in [0.15, 0.2) is 5.43 Å². The van der Waals surface area contributed by atoms with Crippen molar-refractivity contribution < 1.29 is 9.47 Å². The van der Waals surface area contributed by atoms with E-state index in [1.165, 1.54) is 55.5 Å². The molecule has 0 spiro atoms. The van der Waals surface area contributed by atoms with E-state index in [0.29, 0.717) is 0 Å². The van der Waals surface area contributed by atoms with Crippen LogP contribution in [0.2, 0.25) is 0 Å². The van der Waals surface area contributed by atoms with Crippen LogP contribution in [-0.2, 0) is 0 Å². The maximum absolute atomic E-state index is 14.7. The van der Waals surface area contributed by atoms with Crippen molar-refractivity contribution in [3.05, 3.63) is 143 Å². The monoisotopic (exact) mass is 670 g/mol. The van der Waals surface area contributed by atoms with Crippen LogP contribution < -0.4 is 69.0 Å². The lowest BCUT2D eigenvalue weighted by atomic mass is 9.26. The van der Waals surface area contributed by atoms with Gasteiger partial charge >= 0.3 is 0 Å². The average molecular weight is 670 g/mol. The van der Waals surface area contributed by atoms with Crippen molar-refractivity contribution in [3.63, 3.8) is 0 Å². The molecule has 7 aromatic carbocycles. The fourth-order valence-electron chi connectivity index (χ4n) is 11.5. The third-order valence-electron chi connectivity index (χ3n) is 13.3. The Morgan fingerprint density at radius 1 is 0.472 bits per heavy atom. The zero-order chi connectivity index (χ0) is 34.2. The Bertz CT molecular complexity index is 3330. The number of fused-ring (bicyclic) bond motifs is 8. The molecule has 8 heterocycles. The van der Waals surface area contributed by atoms with Crippen LogP contribution in [0.25, 0.3) is 33.1 Å². The highest BCUT2D eigenvalue weighted by Crippen LogP contribution is 2.52. The third kappa shape index (κ3) is 2.59. The lowest BCUT2D eigenvalue weighted by Crippen LogP contribution is -2.72. The van der Waals surface area contributed by atoms with Gasteiger partial charge in [0.05, 0.1) is 16.7 Å². The van der Waals surface area contributed by atoms with Gasteiger partial charge in [-0.15, -0.1) is 0 Å². The molecule has 0 saturated carbocycles. The molecule has 53 heavy (non-hydrogen) atoms. The summed E-state index contributed by atoms with van der Waals surface area (Å²) in [7, 11) is 0. The van der Waals surface area contributed by atoms with Crippen LogP contribution in [-0.4, -0.2) is 24.7 Å². The normalized spacial score (nSPS) is 15.4. The van der Waals surface area contributed by atoms with Gasteiger partial charge in [0.2, 0.25) is 0 Å². The largest absolute Gasteiger partial charge is 0.458 e. The molecule has 7 aliphatic heterocycles. The second-order valence-corrected chi connectivity index (χ2v) is 15.5. The van der Waals surface area contributed by atoms with E-state index in [9.17, 15) is 4.79 Å². The number of pyridine rings is 1. The standard InChI is InChI=1S/C45H21B3N2O3/c1-21-22-8-6-12-28-39(22)49-41-23(21)16-18-34-36(41)46(26-10-2-4-14-32(26)52-34)30-20-31-44-38(43(30)49)48(28)29-13-7-9-24-40(29)50(44)42-25(45(24)51)17-19-35-37(42)47(31)27-11-3-5-15-33(27)53-35/h2-20H,1H2. The number of para-hydroxylation sites is 4. The second kappa shape index (κ2) is 8.19. The Morgan fingerprint density at radius 3 is 1.92 bits per heavy atom. The van der Waals surface area contributed by atoms with Gasteiger partial charge in [-0.2, -0.15) is 0 Å². The first-order valence-corrected chi connectivity index (χ1v) is 18.4. The molecule has 0 bridgehead atoms. The summed E-state index contributed by atoms with van der Waals surface area (Å²) in [4.78, 5) is 17.2. The van der Waals surface area contributed by atoms with Gasteiger partial charge in [-0.25, -0.2) is 0 Å². The fourth-order valence-corrected chi connectivity index (χ4v) is 11.5. The zero-order valence-electron chi connectivity index (χ0n) is 28.0. The third-order valence-corrected chi connectivity index (χ3v) is 13.3. The molecule has 238 valence electrons. The van der Waals surface area contributed by atoms with E-state index in [4.69, 9.17) is 16.1 Å². The van der Waals surface area contributed by atoms with Gasteiger partial charge in [-0.3, -0.25) is 4.79 Å². The summed E-state index contributed by atoms with van der Waals surface area (Å²) in [5.74, 6) is 3.49. The Morgan fingerprint density at radius 2 is 1.09 bits per heavy atom. The minimum atomic E-state index is -0.117. The molecule has 7 aliphatic rings. The molecule has 15 rings (SSSR count). The van der Waals surface area contributed by atoms with Crippen molar-refractivity contribution >= 4 is 114 Å². The van der Waals surface area contributed by atoms with Crippen LogP contribution in [0, 0.1) is 0 Å². The Labute approximate surface area is 303 Å². The number of anilines is 3. The highest BCUT2D eigenvalue weighted by atomic mass is 16.5. The minimum absolute atomic E-state index is 0.0455. The first-order valence-electron chi connectivity index (χ1n) is 18.4. The smallest absolute Gasteiger partial charge is 0.256 e. The van der Waals surface area contributed by atoms with Gasteiger partial charge in [0.1, 0.15) is 23.0 Å². The number of ether oxygens (including phenoxy) is 2. The number of rotatable bonds is 0. The number of aromatic nitrogens is 1. The maximum Gasteiger partial charge on any atom is 0.256 e. The van der Waals surface area contributed by atoms with Gasteiger partial charge in [0, 0.05) is 39.0 Å². The Hall–Kier alpha value is -6.66. The Balaban J connectivity index is 1.23. The first kappa shape index (κ1) is 26.2. The van der Waals surface area contributed by atoms with Crippen LogP contribution in [0.5, 0.6) is 23.0 Å². The van der Waals surface area contributed by atoms with Gasteiger partial charge in [0.25, 0.3) is 20.1 Å². The van der Waals surface area contributed by atoms with Crippen LogP contribution in [0.4, 0.5) is 17.1 Å². The summed E-state index contributed by atoms with van der Waals surface area (Å²) in [6, 6.07) is 41.0. The molecule has 0 unspecified atom stereocenters. The van der Waals surface area contributed by atoms with Gasteiger partial charge < -0.3 is 18.9 Å². The quantitative estimate of drug-likeness (QED) is 0.184. The SMILES string of the molecule is C=C1c2cccc3c2N2c4c(cc5c6c4B3c3cccc4c(=O)c7ccc8c(c7n-6c34)B5c3ccccc3O8)B3c4ccccc4Oc4ccc1c2c43. The molecule has 0 atom stereocenters. The molecule has 0 amide bonds. The molecule has 0 saturated heterocycles. The molecule has 1 aromatic heterocycles. The summed E-state index contributed by atoms with van der Waals surface area (Å²) in [6.45, 7) is 4.50. The molecule has 0 fully saturated rings. The summed E-state index contributed by atoms with van der Waals surface area (Å²) >= 11 is 0. The molecule has 5 nitrogen and oxygen atoms in total. The first-order chi connectivity index (χ1) is 26.2. The number of hydrogen-bond acceptors (Lipinski definition) is 4. The maximum atomic E-state index is 14.7. The molecule has 8 aromatic rings. The van der Waals surface area contributed by atoms with E-state index >= 15 is 0 Å². The van der Waals surface area contributed by atoms with Crippen LogP contribution >= 0.6 is 0 Å². The van der Waals surface area contributed by atoms with E-state index in [0.717, 1.165) is 77.9 Å². The second-order valence-electron chi connectivity index (χ2n) is 15.5. The summed E-state index contributed by atoms with van der Waals surface area (Å²) in [6.07, 6.45) is 0. The fraction of sp³-hybridized carbons (Fsp3) is 0. The average Bonchev–Trinajstić information content (AvgIpc) is 3.20. The summed E-state index contributed by atoms with van der Waals surface area (Å²) < 4.78 is 15.9. The van der Waals surface area contributed by atoms with Crippen LogP contribution in [0.15, 0.2) is 127 Å². The molecular formula is C45H21B3N2O3. The molecule has 0 N–H and O–H groups in total. The van der Waals surface area contributed by atoms with Crippen molar-refractivity contribution in [2.45, 2.75) is 0 Å². The lowest BCUT2D eigenvalue weighted by molar-refractivity contribution is 0.487. The molecule has 0 radical (unpaired) electrons. The highest BCUT2D eigenvalue weighted by molar-refractivity contribution is 7.07. The number of nitrogens with zero attached hydrogens (tertiary/aromatic N) is 2. The van der Waals surface area contributed by atoms with Crippen molar-refractivity contribution in [1.29, 1.82) is 0 Å². The number of benzene rings is 7. The van der Waals surface area contributed by atoms with E-state index in [1.807, 2.05) is 24.3 Å². The van der Waals surface area contributed by atoms with E-state index in [2.05, 4.69) is 100 Å². The zero-order valence-corrected chi connectivity index (χ0v) is 28.0. The predicted octanol–water partition coefficient (Wildman–Crippen LogP) is 3.00. The van der Waals surface area contributed by atoms with Crippen LogP contribution in [0.1, 0.15) is 11.1 Å². The minimum Gasteiger partial charge on any atom is -0.458 e. The van der Waals surface area contributed by atoms with E-state index in [-0.39, 0.29) is 25.6 Å². The highest BCUT2D eigenvalue weighted by Gasteiger charge is 2.54.